The van der Waals surface area contributed by atoms with Gasteiger partial charge < -0.3 is 18.6 Å². The van der Waals surface area contributed by atoms with Crippen LogP contribution in [-0.2, 0) is 18.6 Å². The minimum Gasteiger partial charge on any atom is -0.408 e. The van der Waals surface area contributed by atoms with Gasteiger partial charge in [-0.25, -0.2) is 0 Å². The van der Waals surface area contributed by atoms with Crippen molar-refractivity contribution < 1.29 is 18.6 Å². The zero-order chi connectivity index (χ0) is 10.3. The van der Waals surface area contributed by atoms with Crippen molar-refractivity contribution in [2.75, 3.05) is 0 Å². The van der Waals surface area contributed by atoms with Crippen LogP contribution in [-0.4, -0.2) is 38.4 Å². The second kappa shape index (κ2) is 3.85. The Labute approximate surface area is 85.5 Å². The molecule has 0 bridgehead atoms. The molecule has 0 spiro atoms. The number of rotatable bonds is 1. The van der Waals surface area contributed by atoms with Gasteiger partial charge in [0.15, 0.2) is 0 Å². The molecule has 0 N–H and O–H groups in total. The predicted molar refractivity (Wildman–Crippen MR) is 53.7 cm³/mol. The van der Waals surface area contributed by atoms with E-state index in [4.69, 9.17) is 18.6 Å². The summed E-state index contributed by atoms with van der Waals surface area (Å²) in [5, 5.41) is 0. The summed E-state index contributed by atoms with van der Waals surface area (Å²) in [6.45, 7) is 7.97. The molecule has 0 amide bonds. The molecule has 2 heterocycles. The molecule has 2 aliphatic rings. The third-order valence-electron chi connectivity index (χ3n) is 2.94. The Morgan fingerprint density at radius 1 is 0.571 bits per heavy atom. The summed E-state index contributed by atoms with van der Waals surface area (Å²) in [5.41, 5.74) is 0. The van der Waals surface area contributed by atoms with Crippen molar-refractivity contribution in [1.82, 2.24) is 0 Å². The highest BCUT2D eigenvalue weighted by Gasteiger charge is 2.51. The summed E-state index contributed by atoms with van der Waals surface area (Å²) in [6.07, 6.45) is 0.439. The van der Waals surface area contributed by atoms with Crippen molar-refractivity contribution in [1.29, 1.82) is 0 Å². The summed E-state index contributed by atoms with van der Waals surface area (Å²) >= 11 is 0. The third-order valence-corrected chi connectivity index (χ3v) is 2.94. The number of hydrogen-bond donors (Lipinski definition) is 0. The van der Waals surface area contributed by atoms with Crippen LogP contribution in [0.5, 0.6) is 0 Å². The molecule has 2 rings (SSSR count). The number of hydrogen-bond acceptors (Lipinski definition) is 4. The highest BCUT2D eigenvalue weighted by atomic mass is 16.7. The monoisotopic (exact) mass is 198 g/mol. The van der Waals surface area contributed by atoms with Gasteiger partial charge in [-0.05, 0) is 27.7 Å². The van der Waals surface area contributed by atoms with Gasteiger partial charge in [0.1, 0.15) is 0 Å². The van der Waals surface area contributed by atoms with E-state index in [0.717, 1.165) is 0 Å². The largest absolute Gasteiger partial charge is 0.488 e. The average molecular weight is 198 g/mol. The summed E-state index contributed by atoms with van der Waals surface area (Å²) in [6, 6.07) is 0. The molecule has 2 saturated heterocycles. The fraction of sp³-hybridized carbons (Fsp3) is 1.00. The van der Waals surface area contributed by atoms with Crippen molar-refractivity contribution >= 4 is 14.0 Å². The SMILES string of the molecule is CC1OB(B2OC(C)[C@H](C)O2)O[C@H]1C. The van der Waals surface area contributed by atoms with Crippen LogP contribution >= 0.6 is 0 Å². The van der Waals surface area contributed by atoms with Crippen molar-refractivity contribution in [3.63, 3.8) is 0 Å². The second-order valence-electron chi connectivity index (χ2n) is 4.10. The lowest BCUT2D eigenvalue weighted by molar-refractivity contribution is 0.187. The van der Waals surface area contributed by atoms with Gasteiger partial charge >= 0.3 is 14.0 Å². The molecular weight excluding hydrogens is 182 g/mol. The first-order valence-corrected chi connectivity index (χ1v) is 5.20. The summed E-state index contributed by atoms with van der Waals surface area (Å²) < 4.78 is 22.3. The molecule has 2 aliphatic heterocycles. The Balaban J connectivity index is 1.92. The minimum atomic E-state index is -0.368. The highest BCUT2D eigenvalue weighted by molar-refractivity contribution is 7.11. The van der Waals surface area contributed by atoms with Gasteiger partial charge in [0.25, 0.3) is 0 Å². The van der Waals surface area contributed by atoms with E-state index < -0.39 is 0 Å². The van der Waals surface area contributed by atoms with Crippen molar-refractivity contribution in [3.8, 4) is 0 Å². The lowest BCUT2D eigenvalue weighted by atomic mass is 9.49. The zero-order valence-electron chi connectivity index (χ0n) is 9.10. The summed E-state index contributed by atoms with van der Waals surface area (Å²) in [4.78, 5) is 0. The van der Waals surface area contributed by atoms with Crippen molar-refractivity contribution in [2.45, 2.75) is 52.1 Å². The van der Waals surface area contributed by atoms with Gasteiger partial charge in [0.2, 0.25) is 0 Å². The van der Waals surface area contributed by atoms with Crippen LogP contribution in [0.4, 0.5) is 0 Å². The van der Waals surface area contributed by atoms with Crippen LogP contribution < -0.4 is 0 Å². The Kier molecular flexibility index (Phi) is 2.88. The van der Waals surface area contributed by atoms with Crippen LogP contribution in [0.15, 0.2) is 0 Å². The van der Waals surface area contributed by atoms with E-state index in [2.05, 4.69) is 0 Å². The summed E-state index contributed by atoms with van der Waals surface area (Å²) in [5.74, 6) is 0. The van der Waals surface area contributed by atoms with Gasteiger partial charge in [-0.15, -0.1) is 0 Å². The third kappa shape index (κ3) is 1.84. The van der Waals surface area contributed by atoms with Gasteiger partial charge in [-0.3, -0.25) is 0 Å². The van der Waals surface area contributed by atoms with E-state index in [1.165, 1.54) is 0 Å². The average Bonchev–Trinajstić information content (AvgIpc) is 2.60. The minimum absolute atomic E-state index is 0.110. The molecule has 4 atom stereocenters. The lowest BCUT2D eigenvalue weighted by Gasteiger charge is -2.07. The lowest BCUT2D eigenvalue weighted by Crippen LogP contribution is -2.39. The quantitative estimate of drug-likeness (QED) is 0.580. The summed E-state index contributed by atoms with van der Waals surface area (Å²) in [7, 11) is -0.736. The molecular formula is C8H16B2O4. The van der Waals surface area contributed by atoms with E-state index >= 15 is 0 Å². The van der Waals surface area contributed by atoms with Gasteiger partial charge in [0.05, 0.1) is 24.4 Å². The normalized spacial score (nSPS) is 43.7. The van der Waals surface area contributed by atoms with Crippen LogP contribution in [0.25, 0.3) is 0 Å². The highest BCUT2D eigenvalue weighted by Crippen LogP contribution is 2.24. The fourth-order valence-corrected chi connectivity index (χ4v) is 1.61. The predicted octanol–water partition coefficient (Wildman–Crippen LogP) is 0.689. The van der Waals surface area contributed by atoms with E-state index in [0.29, 0.717) is 0 Å². The van der Waals surface area contributed by atoms with Crippen LogP contribution in [0, 0.1) is 0 Å². The van der Waals surface area contributed by atoms with E-state index in [1.807, 2.05) is 27.7 Å². The van der Waals surface area contributed by atoms with E-state index in [1.54, 1.807) is 0 Å². The maximum atomic E-state index is 5.58. The second-order valence-corrected chi connectivity index (χ2v) is 4.10. The molecule has 2 fully saturated rings. The Bertz CT molecular complexity index is 174. The fourth-order valence-electron chi connectivity index (χ4n) is 1.61. The molecule has 0 saturated carbocycles. The zero-order valence-corrected chi connectivity index (χ0v) is 9.10. The van der Waals surface area contributed by atoms with Crippen molar-refractivity contribution in [3.05, 3.63) is 0 Å². The molecule has 6 heteroatoms. The molecule has 2 unspecified atom stereocenters. The van der Waals surface area contributed by atoms with Gasteiger partial charge in [-0.1, -0.05) is 0 Å². The van der Waals surface area contributed by atoms with Gasteiger partial charge in [-0.2, -0.15) is 0 Å². The molecule has 0 aromatic rings. The molecule has 0 radical (unpaired) electrons. The van der Waals surface area contributed by atoms with Gasteiger partial charge in [0, 0.05) is 0 Å². The Hall–Kier alpha value is -0.0301. The molecule has 4 nitrogen and oxygen atoms in total. The first-order valence-electron chi connectivity index (χ1n) is 5.20. The molecule has 78 valence electrons. The first kappa shape index (κ1) is 10.5. The molecule has 14 heavy (non-hydrogen) atoms. The molecule has 0 aromatic heterocycles. The Morgan fingerprint density at radius 3 is 1.00 bits per heavy atom. The van der Waals surface area contributed by atoms with Crippen LogP contribution in [0.3, 0.4) is 0 Å². The topological polar surface area (TPSA) is 36.9 Å². The van der Waals surface area contributed by atoms with Crippen molar-refractivity contribution in [2.24, 2.45) is 0 Å². The van der Waals surface area contributed by atoms with E-state index in [-0.39, 0.29) is 38.4 Å². The van der Waals surface area contributed by atoms with E-state index in [9.17, 15) is 0 Å². The molecule has 0 aromatic carbocycles. The van der Waals surface area contributed by atoms with Crippen LogP contribution in [0.1, 0.15) is 27.7 Å². The smallest absolute Gasteiger partial charge is 0.408 e. The van der Waals surface area contributed by atoms with Crippen LogP contribution in [0.2, 0.25) is 0 Å². The Morgan fingerprint density at radius 2 is 0.786 bits per heavy atom. The maximum Gasteiger partial charge on any atom is 0.488 e. The standard InChI is InChI=1S/C8H16B2O4/c1-5-6(2)12-9(11-5)10-13-7(3)8(4)14-10/h5-8H,1-4H3/t5-,6?,7-,8?/m0/s1. The maximum absolute atomic E-state index is 5.58. The molecule has 0 aliphatic carbocycles. The first-order chi connectivity index (χ1) is 6.58.